The second kappa shape index (κ2) is 7.35. The molecule has 0 unspecified atom stereocenters. The van der Waals surface area contributed by atoms with Gasteiger partial charge < -0.3 is 10.5 Å². The molecule has 1 rings (SSSR count). The van der Waals surface area contributed by atoms with Crippen molar-refractivity contribution in [1.29, 1.82) is 5.41 Å². The summed E-state index contributed by atoms with van der Waals surface area (Å²) < 4.78 is 33.8. The quantitative estimate of drug-likeness (QED) is 0.294. The molecule has 118 valence electrons. The van der Waals surface area contributed by atoms with E-state index in [2.05, 4.69) is 16.4 Å². The van der Waals surface area contributed by atoms with Crippen LogP contribution in [0.25, 0.3) is 0 Å². The molecule has 0 spiro atoms. The van der Waals surface area contributed by atoms with E-state index in [9.17, 15) is 8.42 Å². The molecule has 0 heterocycles. The Morgan fingerprint density at radius 2 is 2.05 bits per heavy atom. The molecule has 0 atom stereocenters. The molecule has 1 aliphatic carbocycles. The van der Waals surface area contributed by atoms with Crippen LogP contribution < -0.4 is 15.2 Å². The lowest BCUT2D eigenvalue weighted by molar-refractivity contribution is 0.204. The maximum atomic E-state index is 12.0. The zero-order valence-electron chi connectivity index (χ0n) is 12.2. The zero-order valence-corrected chi connectivity index (χ0v) is 13.1. The minimum Gasteiger partial charge on any atom is -0.386 e. The maximum Gasteiger partial charge on any atom is 0.277 e. The highest BCUT2D eigenvalue weighted by molar-refractivity contribution is 7.87. The Balaban J connectivity index is 2.70. The van der Waals surface area contributed by atoms with Crippen LogP contribution in [-0.2, 0) is 14.9 Å². The molecule has 1 fully saturated rings. The van der Waals surface area contributed by atoms with E-state index in [0.29, 0.717) is 25.4 Å². The molecule has 5 N–H and O–H groups in total. The Morgan fingerprint density at radius 3 is 2.50 bits per heavy atom. The molecule has 1 saturated carbocycles. The van der Waals surface area contributed by atoms with Crippen LogP contribution in [-0.4, -0.2) is 40.1 Å². The number of nitrogens with one attached hydrogen (secondary N) is 3. The lowest BCUT2D eigenvalue weighted by Gasteiger charge is -2.39. The molecule has 7 nitrogen and oxygen atoms in total. The van der Waals surface area contributed by atoms with Crippen LogP contribution in [0.5, 0.6) is 0 Å². The summed E-state index contributed by atoms with van der Waals surface area (Å²) in [4.78, 5) is 0. The minimum atomic E-state index is -3.68. The fourth-order valence-electron chi connectivity index (χ4n) is 2.58. The highest BCUT2D eigenvalue weighted by atomic mass is 32.2. The Bertz CT molecular complexity index is 416. The average Bonchev–Trinajstić information content (AvgIpc) is 2.39. The predicted molar refractivity (Wildman–Crippen MR) is 78.8 cm³/mol. The predicted octanol–water partition coefficient (Wildman–Crippen LogP) is 0.332. The van der Waals surface area contributed by atoms with Gasteiger partial charge in [0.25, 0.3) is 10.2 Å². The van der Waals surface area contributed by atoms with Gasteiger partial charge in [0.15, 0.2) is 0 Å². The summed E-state index contributed by atoms with van der Waals surface area (Å²) in [5.41, 5.74) is 4.72. The highest BCUT2D eigenvalue weighted by Crippen LogP contribution is 2.34. The SMILES string of the molecule is CCC1CCC(NS(=O)(=O)NCCOC)(C(=N)N)CC1. The Morgan fingerprint density at radius 1 is 1.45 bits per heavy atom. The summed E-state index contributed by atoms with van der Waals surface area (Å²) in [5.74, 6) is 0.484. The molecule has 0 aromatic heterocycles. The number of amidine groups is 1. The summed E-state index contributed by atoms with van der Waals surface area (Å²) in [6.45, 7) is 2.62. The topological polar surface area (TPSA) is 117 Å². The Labute approximate surface area is 121 Å². The summed E-state index contributed by atoms with van der Waals surface area (Å²) in [6, 6.07) is 0. The summed E-state index contributed by atoms with van der Waals surface area (Å²) in [5, 5.41) is 7.75. The summed E-state index contributed by atoms with van der Waals surface area (Å²) in [7, 11) is -2.18. The van der Waals surface area contributed by atoms with Gasteiger partial charge in [-0.05, 0) is 31.6 Å². The van der Waals surface area contributed by atoms with Crippen molar-refractivity contribution < 1.29 is 13.2 Å². The smallest absolute Gasteiger partial charge is 0.277 e. The normalized spacial score (nSPS) is 27.4. The zero-order chi connectivity index (χ0) is 15.2. The van der Waals surface area contributed by atoms with Crippen LogP contribution in [0.1, 0.15) is 39.0 Å². The van der Waals surface area contributed by atoms with Gasteiger partial charge in [-0.3, -0.25) is 5.41 Å². The molecular formula is C12H26N4O3S. The first kappa shape index (κ1) is 17.4. The van der Waals surface area contributed by atoms with E-state index in [0.717, 1.165) is 19.3 Å². The molecule has 0 aromatic rings. The van der Waals surface area contributed by atoms with E-state index in [4.69, 9.17) is 15.9 Å². The second-order valence-electron chi connectivity index (χ2n) is 5.34. The van der Waals surface area contributed by atoms with E-state index in [1.54, 1.807) is 0 Å². The molecular weight excluding hydrogens is 280 g/mol. The number of methoxy groups -OCH3 is 1. The van der Waals surface area contributed by atoms with Crippen molar-refractivity contribution in [2.45, 2.75) is 44.6 Å². The largest absolute Gasteiger partial charge is 0.386 e. The number of hydrogen-bond acceptors (Lipinski definition) is 4. The van der Waals surface area contributed by atoms with Gasteiger partial charge in [-0.25, -0.2) is 0 Å². The van der Waals surface area contributed by atoms with Crippen LogP contribution >= 0.6 is 0 Å². The average molecular weight is 306 g/mol. The monoisotopic (exact) mass is 306 g/mol. The van der Waals surface area contributed by atoms with E-state index < -0.39 is 15.7 Å². The van der Waals surface area contributed by atoms with E-state index in [1.165, 1.54) is 7.11 Å². The lowest BCUT2D eigenvalue weighted by Crippen LogP contribution is -2.61. The third-order valence-corrected chi connectivity index (χ3v) is 5.22. The number of ether oxygens (including phenoxy) is 1. The molecule has 20 heavy (non-hydrogen) atoms. The molecule has 0 bridgehead atoms. The first-order valence-electron chi connectivity index (χ1n) is 6.97. The van der Waals surface area contributed by atoms with Gasteiger partial charge in [0.1, 0.15) is 5.84 Å². The van der Waals surface area contributed by atoms with Crippen LogP contribution in [0.15, 0.2) is 0 Å². The van der Waals surface area contributed by atoms with Gasteiger partial charge in [0.2, 0.25) is 0 Å². The van der Waals surface area contributed by atoms with Crippen molar-refractivity contribution in [3.05, 3.63) is 0 Å². The van der Waals surface area contributed by atoms with Crippen molar-refractivity contribution in [2.75, 3.05) is 20.3 Å². The molecule has 1 aliphatic rings. The maximum absolute atomic E-state index is 12.0. The van der Waals surface area contributed by atoms with Crippen LogP contribution in [0.3, 0.4) is 0 Å². The number of hydrogen-bond donors (Lipinski definition) is 4. The van der Waals surface area contributed by atoms with E-state index in [1.807, 2.05) is 0 Å². The Kier molecular flexibility index (Phi) is 6.38. The molecule has 0 aliphatic heterocycles. The molecule has 0 saturated heterocycles. The van der Waals surface area contributed by atoms with Crippen molar-refractivity contribution in [3.8, 4) is 0 Å². The summed E-state index contributed by atoms with van der Waals surface area (Å²) >= 11 is 0. The van der Waals surface area contributed by atoms with Crippen molar-refractivity contribution in [3.63, 3.8) is 0 Å². The van der Waals surface area contributed by atoms with Gasteiger partial charge in [-0.1, -0.05) is 13.3 Å². The van der Waals surface area contributed by atoms with Crippen molar-refractivity contribution in [1.82, 2.24) is 9.44 Å². The fourth-order valence-corrected chi connectivity index (χ4v) is 3.83. The third-order valence-electron chi connectivity index (χ3n) is 3.98. The number of rotatable bonds is 8. The molecule has 0 amide bonds. The Hall–Kier alpha value is -0.700. The summed E-state index contributed by atoms with van der Waals surface area (Å²) in [6.07, 6.45) is 4.00. The van der Waals surface area contributed by atoms with Gasteiger partial charge in [0.05, 0.1) is 12.1 Å². The second-order valence-corrected chi connectivity index (χ2v) is 6.84. The molecule has 0 radical (unpaired) electrons. The van der Waals surface area contributed by atoms with Gasteiger partial charge >= 0.3 is 0 Å². The number of nitrogens with two attached hydrogens (primary N) is 1. The first-order chi connectivity index (χ1) is 9.35. The lowest BCUT2D eigenvalue weighted by atomic mass is 9.75. The van der Waals surface area contributed by atoms with Crippen LogP contribution in [0.4, 0.5) is 0 Å². The van der Waals surface area contributed by atoms with E-state index >= 15 is 0 Å². The molecule has 0 aromatic carbocycles. The standard InChI is InChI=1S/C12H26N4O3S/c1-3-10-4-6-12(7-5-10,11(13)14)16-20(17,18)15-8-9-19-2/h10,15-16H,3-9H2,1-2H3,(H3,13,14). The van der Waals surface area contributed by atoms with Gasteiger partial charge in [0, 0.05) is 13.7 Å². The van der Waals surface area contributed by atoms with Gasteiger partial charge in [-0.2, -0.15) is 17.9 Å². The van der Waals surface area contributed by atoms with Crippen molar-refractivity contribution >= 4 is 16.0 Å². The van der Waals surface area contributed by atoms with Crippen LogP contribution in [0, 0.1) is 11.3 Å². The fraction of sp³-hybridized carbons (Fsp3) is 0.917. The van der Waals surface area contributed by atoms with Gasteiger partial charge in [-0.15, -0.1) is 0 Å². The third kappa shape index (κ3) is 4.69. The minimum absolute atomic E-state index is 0.107. The highest BCUT2D eigenvalue weighted by Gasteiger charge is 2.40. The molecule has 8 heteroatoms. The first-order valence-corrected chi connectivity index (χ1v) is 8.45. The van der Waals surface area contributed by atoms with Crippen LogP contribution in [0.2, 0.25) is 0 Å². The van der Waals surface area contributed by atoms with Crippen molar-refractivity contribution in [2.24, 2.45) is 11.7 Å². The van der Waals surface area contributed by atoms with E-state index in [-0.39, 0.29) is 12.4 Å².